The molecule has 2 N–H and O–H groups in total. The molecule has 4 rings (SSSR count). The number of nitrogens with one attached hydrogen (secondary N) is 2. The van der Waals surface area contributed by atoms with Gasteiger partial charge in [0, 0.05) is 11.1 Å². The van der Waals surface area contributed by atoms with Crippen LogP contribution in [0.15, 0.2) is 96.1 Å². The summed E-state index contributed by atoms with van der Waals surface area (Å²) < 4.78 is 21.5. The van der Waals surface area contributed by atoms with E-state index in [1.807, 2.05) is 0 Å². The van der Waals surface area contributed by atoms with E-state index in [-0.39, 0.29) is 22.6 Å². The van der Waals surface area contributed by atoms with Crippen molar-refractivity contribution in [2.75, 3.05) is 26.6 Å². The Kier molecular flexibility index (Phi) is 9.29. The molecule has 0 saturated carbocycles. The van der Waals surface area contributed by atoms with Gasteiger partial charge in [-0.3, -0.25) is 9.59 Å². The van der Waals surface area contributed by atoms with Crippen LogP contribution in [0.25, 0.3) is 0 Å². The molecule has 4 aromatic carbocycles. The Morgan fingerprint density at radius 2 is 1.32 bits per heavy atom. The average Bonchev–Trinajstić information content (AvgIpc) is 3.01. The first-order valence-electron chi connectivity index (χ1n) is 12.3. The standard InChI is InChI=1S/C31H27N3O7/c1-38-26-17-22(18-27(39-2)28(26)40-3)29(35)33-24-15-9-8-14-23(24)30(36)34-32-19-21-13-7-10-16-25(21)41-31(37)20-11-5-4-6-12-20/h4-19H,1-3H3,(H,33,35)(H,34,36)/b32-19-. The summed E-state index contributed by atoms with van der Waals surface area (Å²) in [6, 6.07) is 24.9. The van der Waals surface area contributed by atoms with Crippen LogP contribution in [-0.2, 0) is 0 Å². The Bertz CT molecular complexity index is 1560. The van der Waals surface area contributed by atoms with Crippen molar-refractivity contribution in [1.82, 2.24) is 5.43 Å². The quantitative estimate of drug-likeness (QED) is 0.123. The number of anilines is 1. The predicted molar refractivity (Wildman–Crippen MR) is 153 cm³/mol. The third-order valence-electron chi connectivity index (χ3n) is 5.85. The van der Waals surface area contributed by atoms with Gasteiger partial charge in [-0.25, -0.2) is 10.2 Å². The zero-order valence-corrected chi connectivity index (χ0v) is 22.5. The third-order valence-corrected chi connectivity index (χ3v) is 5.85. The largest absolute Gasteiger partial charge is 0.493 e. The van der Waals surface area contributed by atoms with Gasteiger partial charge in [0.1, 0.15) is 5.75 Å². The molecule has 2 amide bonds. The van der Waals surface area contributed by atoms with Crippen molar-refractivity contribution in [2.45, 2.75) is 0 Å². The smallest absolute Gasteiger partial charge is 0.343 e. The molecule has 0 spiro atoms. The summed E-state index contributed by atoms with van der Waals surface area (Å²) in [5.74, 6) is -0.340. The van der Waals surface area contributed by atoms with Crippen LogP contribution < -0.4 is 29.7 Å². The third kappa shape index (κ3) is 6.87. The van der Waals surface area contributed by atoms with E-state index < -0.39 is 17.8 Å². The van der Waals surface area contributed by atoms with Gasteiger partial charge in [-0.1, -0.05) is 42.5 Å². The van der Waals surface area contributed by atoms with Gasteiger partial charge in [-0.15, -0.1) is 0 Å². The highest BCUT2D eigenvalue weighted by atomic mass is 16.5. The van der Waals surface area contributed by atoms with Crippen LogP contribution in [0, 0.1) is 0 Å². The highest BCUT2D eigenvalue weighted by molar-refractivity contribution is 6.09. The van der Waals surface area contributed by atoms with Gasteiger partial charge >= 0.3 is 5.97 Å². The monoisotopic (exact) mass is 553 g/mol. The summed E-state index contributed by atoms with van der Waals surface area (Å²) in [5.41, 5.74) is 3.99. The summed E-state index contributed by atoms with van der Waals surface area (Å²) in [6.45, 7) is 0. The van der Waals surface area contributed by atoms with Crippen molar-refractivity contribution in [3.8, 4) is 23.0 Å². The lowest BCUT2D eigenvalue weighted by Crippen LogP contribution is -2.21. The number of esters is 1. The fourth-order valence-corrected chi connectivity index (χ4v) is 3.83. The number of methoxy groups -OCH3 is 3. The number of ether oxygens (including phenoxy) is 4. The van der Waals surface area contributed by atoms with Crippen molar-refractivity contribution in [2.24, 2.45) is 5.10 Å². The summed E-state index contributed by atoms with van der Waals surface area (Å²) in [7, 11) is 4.36. The number of carbonyl (C=O) groups excluding carboxylic acids is 3. The van der Waals surface area contributed by atoms with Gasteiger partial charge in [0.25, 0.3) is 11.8 Å². The topological polar surface area (TPSA) is 125 Å². The molecule has 0 radical (unpaired) electrons. The highest BCUT2D eigenvalue weighted by Gasteiger charge is 2.19. The van der Waals surface area contributed by atoms with E-state index in [2.05, 4.69) is 15.8 Å². The molecule has 0 fully saturated rings. The molecule has 0 aliphatic carbocycles. The van der Waals surface area contributed by atoms with Crippen molar-refractivity contribution < 1.29 is 33.3 Å². The highest BCUT2D eigenvalue weighted by Crippen LogP contribution is 2.38. The molecular formula is C31H27N3O7. The molecule has 0 bridgehead atoms. The van der Waals surface area contributed by atoms with Crippen LogP contribution in [0.5, 0.6) is 23.0 Å². The molecule has 0 saturated heterocycles. The van der Waals surface area contributed by atoms with Crippen LogP contribution in [-0.4, -0.2) is 45.3 Å². The molecule has 208 valence electrons. The first-order chi connectivity index (χ1) is 19.9. The van der Waals surface area contributed by atoms with Crippen LogP contribution in [0.4, 0.5) is 5.69 Å². The van der Waals surface area contributed by atoms with Gasteiger partial charge < -0.3 is 24.3 Å². The van der Waals surface area contributed by atoms with Crippen molar-refractivity contribution in [3.63, 3.8) is 0 Å². The lowest BCUT2D eigenvalue weighted by atomic mass is 10.1. The molecule has 0 unspecified atom stereocenters. The number of nitrogens with zero attached hydrogens (tertiary/aromatic N) is 1. The Labute approximate surface area is 236 Å². The van der Waals surface area contributed by atoms with Crippen molar-refractivity contribution in [1.29, 1.82) is 0 Å². The number of amides is 2. The minimum absolute atomic E-state index is 0.175. The van der Waals surface area contributed by atoms with Crippen molar-refractivity contribution >= 4 is 29.7 Å². The second-order valence-corrected chi connectivity index (χ2v) is 8.41. The van der Waals surface area contributed by atoms with E-state index in [1.54, 1.807) is 78.9 Å². The molecule has 10 nitrogen and oxygen atoms in total. The Hall–Kier alpha value is -5.64. The SMILES string of the molecule is COc1cc(C(=O)Nc2ccccc2C(=O)N/N=C\c2ccccc2OC(=O)c2ccccc2)cc(OC)c1OC. The number of hydrogen-bond donors (Lipinski definition) is 2. The minimum Gasteiger partial charge on any atom is -0.493 e. The average molecular weight is 554 g/mol. The van der Waals surface area contributed by atoms with Crippen LogP contribution in [0.1, 0.15) is 36.6 Å². The van der Waals surface area contributed by atoms with Crippen molar-refractivity contribution in [3.05, 3.63) is 113 Å². The Balaban J connectivity index is 1.48. The van der Waals surface area contributed by atoms with E-state index in [0.717, 1.165) is 0 Å². The summed E-state index contributed by atoms with van der Waals surface area (Å²) >= 11 is 0. The van der Waals surface area contributed by atoms with Gasteiger partial charge in [0.05, 0.1) is 44.4 Å². The van der Waals surface area contributed by atoms with Gasteiger partial charge in [0.15, 0.2) is 11.5 Å². The summed E-state index contributed by atoms with van der Waals surface area (Å²) in [5, 5.41) is 6.77. The molecule has 0 heterocycles. The van der Waals surface area contributed by atoms with E-state index in [9.17, 15) is 14.4 Å². The number of para-hydroxylation sites is 2. The maximum atomic E-state index is 13.1. The van der Waals surface area contributed by atoms with Crippen LogP contribution in [0.3, 0.4) is 0 Å². The van der Waals surface area contributed by atoms with Gasteiger partial charge in [0.2, 0.25) is 5.75 Å². The second kappa shape index (κ2) is 13.4. The molecule has 0 atom stereocenters. The van der Waals surface area contributed by atoms with Crippen LogP contribution >= 0.6 is 0 Å². The van der Waals surface area contributed by atoms with E-state index in [0.29, 0.717) is 28.4 Å². The zero-order valence-electron chi connectivity index (χ0n) is 22.5. The normalized spacial score (nSPS) is 10.5. The molecular weight excluding hydrogens is 526 g/mol. The second-order valence-electron chi connectivity index (χ2n) is 8.41. The maximum absolute atomic E-state index is 13.1. The Morgan fingerprint density at radius 3 is 2.00 bits per heavy atom. The number of rotatable bonds is 10. The van der Waals surface area contributed by atoms with Gasteiger partial charge in [-0.05, 0) is 48.5 Å². The lowest BCUT2D eigenvalue weighted by molar-refractivity contribution is 0.0733. The maximum Gasteiger partial charge on any atom is 0.343 e. The first-order valence-corrected chi connectivity index (χ1v) is 12.3. The molecule has 41 heavy (non-hydrogen) atoms. The van der Waals surface area contributed by atoms with Gasteiger partial charge in [-0.2, -0.15) is 5.10 Å². The van der Waals surface area contributed by atoms with E-state index >= 15 is 0 Å². The molecule has 10 heteroatoms. The predicted octanol–water partition coefficient (Wildman–Crippen LogP) is 4.95. The van der Waals surface area contributed by atoms with Crippen LogP contribution in [0.2, 0.25) is 0 Å². The Morgan fingerprint density at radius 1 is 0.683 bits per heavy atom. The number of hydrazone groups is 1. The summed E-state index contributed by atoms with van der Waals surface area (Å²) in [4.78, 5) is 38.5. The fourth-order valence-electron chi connectivity index (χ4n) is 3.83. The first kappa shape index (κ1) is 28.4. The zero-order chi connectivity index (χ0) is 29.2. The molecule has 0 aliphatic heterocycles. The minimum atomic E-state index is -0.569. The number of carbonyl (C=O) groups is 3. The molecule has 4 aromatic rings. The van der Waals surface area contributed by atoms with E-state index in [1.165, 1.54) is 39.7 Å². The number of hydrogen-bond acceptors (Lipinski definition) is 8. The molecule has 0 aliphatic rings. The fraction of sp³-hybridized carbons (Fsp3) is 0.0968. The molecule has 0 aromatic heterocycles. The lowest BCUT2D eigenvalue weighted by Gasteiger charge is -2.15. The summed E-state index contributed by atoms with van der Waals surface area (Å²) in [6.07, 6.45) is 1.36. The number of benzene rings is 4. The van der Waals surface area contributed by atoms with E-state index in [4.69, 9.17) is 18.9 Å².